The van der Waals surface area contributed by atoms with E-state index < -0.39 is 0 Å². The first kappa shape index (κ1) is 16.0. The summed E-state index contributed by atoms with van der Waals surface area (Å²) in [6, 6.07) is 5.77. The predicted molar refractivity (Wildman–Crippen MR) is 82.3 cm³/mol. The van der Waals surface area contributed by atoms with Gasteiger partial charge in [0.1, 0.15) is 0 Å². The van der Waals surface area contributed by atoms with Crippen LogP contribution >= 0.6 is 11.8 Å². The lowest BCUT2D eigenvalue weighted by Crippen LogP contribution is -1.86. The Kier molecular flexibility index (Phi) is 9.18. The Hall–Kier alpha value is -1.01. The molecule has 0 bridgehead atoms. The van der Waals surface area contributed by atoms with Gasteiger partial charge in [-0.2, -0.15) is 5.26 Å². The van der Waals surface area contributed by atoms with E-state index in [9.17, 15) is 0 Å². The number of rotatable bonds is 10. The molecule has 0 aliphatic rings. The van der Waals surface area contributed by atoms with Crippen LogP contribution in [0.4, 0.5) is 0 Å². The average molecular weight is 276 g/mol. The van der Waals surface area contributed by atoms with Crippen molar-refractivity contribution in [2.75, 3.05) is 5.75 Å². The molecule has 19 heavy (non-hydrogen) atoms. The second kappa shape index (κ2) is 10.9. The minimum atomic E-state index is 0.702. The van der Waals surface area contributed by atoms with Gasteiger partial charge < -0.3 is 0 Å². The Morgan fingerprint density at radius 3 is 2.47 bits per heavy atom. The molecule has 1 rings (SSSR count). The highest BCUT2D eigenvalue weighted by atomic mass is 32.2. The molecule has 2 nitrogen and oxygen atoms in total. The van der Waals surface area contributed by atoms with Gasteiger partial charge in [0.25, 0.3) is 0 Å². The fraction of sp³-hybridized carbons (Fsp3) is 0.625. The summed E-state index contributed by atoms with van der Waals surface area (Å²) in [6.07, 6.45) is 12.5. The number of pyridine rings is 1. The van der Waals surface area contributed by atoms with E-state index in [0.29, 0.717) is 5.56 Å². The SMILES string of the molecule is CCCCCCCCCCSc1cc(C#N)ccn1. The number of hydrogen-bond acceptors (Lipinski definition) is 3. The Balaban J connectivity index is 2.00. The van der Waals surface area contributed by atoms with Crippen LogP contribution in [0.5, 0.6) is 0 Å². The highest BCUT2D eigenvalue weighted by Crippen LogP contribution is 2.18. The number of hydrogen-bond donors (Lipinski definition) is 0. The van der Waals surface area contributed by atoms with Crippen molar-refractivity contribution in [1.82, 2.24) is 4.98 Å². The quantitative estimate of drug-likeness (QED) is 0.436. The third-order valence-electron chi connectivity index (χ3n) is 3.11. The van der Waals surface area contributed by atoms with E-state index in [2.05, 4.69) is 18.0 Å². The summed E-state index contributed by atoms with van der Waals surface area (Å²) in [5.74, 6) is 1.11. The van der Waals surface area contributed by atoms with Crippen LogP contribution < -0.4 is 0 Å². The van der Waals surface area contributed by atoms with Crippen LogP contribution in [0.2, 0.25) is 0 Å². The number of unbranched alkanes of at least 4 members (excludes halogenated alkanes) is 7. The lowest BCUT2D eigenvalue weighted by atomic mass is 10.1. The van der Waals surface area contributed by atoms with Gasteiger partial charge in [-0.3, -0.25) is 0 Å². The van der Waals surface area contributed by atoms with Gasteiger partial charge in [-0.15, -0.1) is 11.8 Å². The number of nitriles is 1. The Morgan fingerprint density at radius 2 is 1.79 bits per heavy atom. The highest BCUT2D eigenvalue weighted by molar-refractivity contribution is 7.99. The Morgan fingerprint density at radius 1 is 1.11 bits per heavy atom. The summed E-state index contributed by atoms with van der Waals surface area (Å²) >= 11 is 1.76. The first-order valence-electron chi connectivity index (χ1n) is 7.35. The molecule has 0 N–H and O–H groups in total. The van der Waals surface area contributed by atoms with Crippen molar-refractivity contribution in [2.24, 2.45) is 0 Å². The van der Waals surface area contributed by atoms with E-state index in [4.69, 9.17) is 5.26 Å². The average Bonchev–Trinajstić information content (AvgIpc) is 2.46. The first-order valence-corrected chi connectivity index (χ1v) is 8.34. The minimum Gasteiger partial charge on any atom is -0.250 e. The third-order valence-corrected chi connectivity index (χ3v) is 4.12. The molecular formula is C16H24N2S. The lowest BCUT2D eigenvalue weighted by Gasteiger charge is -2.02. The molecular weight excluding hydrogens is 252 g/mol. The first-order chi connectivity index (χ1) is 9.36. The van der Waals surface area contributed by atoms with E-state index in [0.717, 1.165) is 10.8 Å². The fourth-order valence-electron chi connectivity index (χ4n) is 1.97. The summed E-state index contributed by atoms with van der Waals surface area (Å²) in [5.41, 5.74) is 0.702. The zero-order valence-corrected chi connectivity index (χ0v) is 12.7. The molecule has 0 fully saturated rings. The summed E-state index contributed by atoms with van der Waals surface area (Å²) in [6.45, 7) is 2.26. The van der Waals surface area contributed by atoms with E-state index in [1.54, 1.807) is 24.0 Å². The van der Waals surface area contributed by atoms with Crippen molar-refractivity contribution in [1.29, 1.82) is 5.26 Å². The van der Waals surface area contributed by atoms with Crippen LogP contribution in [-0.2, 0) is 0 Å². The Labute approximate surface area is 121 Å². The maximum atomic E-state index is 8.81. The van der Waals surface area contributed by atoms with Gasteiger partial charge in [0.15, 0.2) is 0 Å². The largest absolute Gasteiger partial charge is 0.250 e. The summed E-state index contributed by atoms with van der Waals surface area (Å²) < 4.78 is 0. The van der Waals surface area contributed by atoms with E-state index in [-0.39, 0.29) is 0 Å². The smallest absolute Gasteiger partial charge is 0.0993 e. The van der Waals surface area contributed by atoms with Crippen LogP contribution in [0.3, 0.4) is 0 Å². The van der Waals surface area contributed by atoms with Crippen molar-refractivity contribution in [3.63, 3.8) is 0 Å². The molecule has 0 aliphatic heterocycles. The molecule has 0 radical (unpaired) electrons. The van der Waals surface area contributed by atoms with Crippen molar-refractivity contribution in [2.45, 2.75) is 63.3 Å². The molecule has 1 aromatic rings. The number of nitrogens with zero attached hydrogens (tertiary/aromatic N) is 2. The van der Waals surface area contributed by atoms with E-state index in [1.807, 2.05) is 6.07 Å². The van der Waals surface area contributed by atoms with Gasteiger partial charge in [0.2, 0.25) is 0 Å². The van der Waals surface area contributed by atoms with Gasteiger partial charge in [-0.05, 0) is 24.3 Å². The van der Waals surface area contributed by atoms with Crippen molar-refractivity contribution in [3.8, 4) is 6.07 Å². The normalized spacial score (nSPS) is 10.3. The molecule has 1 heterocycles. The van der Waals surface area contributed by atoms with Gasteiger partial charge >= 0.3 is 0 Å². The van der Waals surface area contributed by atoms with Crippen LogP contribution in [0.25, 0.3) is 0 Å². The summed E-state index contributed by atoms with van der Waals surface area (Å²) in [4.78, 5) is 4.27. The van der Waals surface area contributed by atoms with Gasteiger partial charge in [0, 0.05) is 6.20 Å². The molecule has 0 amide bonds. The van der Waals surface area contributed by atoms with Crippen molar-refractivity contribution in [3.05, 3.63) is 23.9 Å². The van der Waals surface area contributed by atoms with Gasteiger partial charge in [-0.25, -0.2) is 4.98 Å². The molecule has 0 atom stereocenters. The Bertz CT molecular complexity index is 385. The van der Waals surface area contributed by atoms with E-state index >= 15 is 0 Å². The monoisotopic (exact) mass is 276 g/mol. The standard InChI is InChI=1S/C16H24N2S/c1-2-3-4-5-6-7-8-9-12-19-16-13-15(14-17)10-11-18-16/h10-11,13H,2-9,12H2,1H3. The fourth-order valence-corrected chi connectivity index (χ4v) is 2.87. The summed E-state index contributed by atoms with van der Waals surface area (Å²) in [7, 11) is 0. The minimum absolute atomic E-state index is 0.702. The van der Waals surface area contributed by atoms with Gasteiger partial charge in [-0.1, -0.05) is 51.9 Å². The molecule has 0 saturated carbocycles. The second-order valence-electron chi connectivity index (χ2n) is 4.82. The molecule has 0 aromatic carbocycles. The van der Waals surface area contributed by atoms with Crippen LogP contribution in [0.15, 0.2) is 23.4 Å². The van der Waals surface area contributed by atoms with E-state index in [1.165, 1.54) is 51.4 Å². The lowest BCUT2D eigenvalue weighted by molar-refractivity contribution is 0.586. The van der Waals surface area contributed by atoms with Crippen molar-refractivity contribution < 1.29 is 0 Å². The van der Waals surface area contributed by atoms with Crippen LogP contribution in [0, 0.1) is 11.3 Å². The highest BCUT2D eigenvalue weighted by Gasteiger charge is 1.98. The molecule has 1 aromatic heterocycles. The number of thioether (sulfide) groups is 1. The third kappa shape index (κ3) is 7.89. The van der Waals surface area contributed by atoms with Gasteiger partial charge in [0.05, 0.1) is 16.7 Å². The predicted octanol–water partition coefficient (Wildman–Crippen LogP) is 5.19. The molecule has 0 aliphatic carbocycles. The zero-order valence-electron chi connectivity index (χ0n) is 11.9. The van der Waals surface area contributed by atoms with Crippen LogP contribution in [-0.4, -0.2) is 10.7 Å². The summed E-state index contributed by atoms with van der Waals surface area (Å²) in [5, 5.41) is 9.78. The molecule has 0 saturated heterocycles. The molecule has 104 valence electrons. The van der Waals surface area contributed by atoms with Crippen LogP contribution in [0.1, 0.15) is 63.9 Å². The molecule has 0 unspecified atom stereocenters. The molecule has 3 heteroatoms. The second-order valence-corrected chi connectivity index (χ2v) is 5.93. The van der Waals surface area contributed by atoms with Crippen molar-refractivity contribution >= 4 is 11.8 Å². The zero-order chi connectivity index (χ0) is 13.8. The maximum Gasteiger partial charge on any atom is 0.0993 e. The number of aromatic nitrogens is 1. The maximum absolute atomic E-state index is 8.81. The topological polar surface area (TPSA) is 36.7 Å². The molecule has 0 spiro atoms.